The molecule has 13 heteroatoms. The SMILES string of the molecule is NC(=O)[C@@H]1N(C(=O)[CH]Cc2ccc(Cl)cc2)CCN2C(=O)N(CC(F)(F)F)C(=O)[C@]12Cc1cccnc1. The molecule has 2 saturated heterocycles. The van der Waals surface area contributed by atoms with Gasteiger partial charge in [0, 0.05) is 36.9 Å². The molecule has 0 unspecified atom stereocenters. The number of hydrogen-bond acceptors (Lipinski definition) is 5. The summed E-state index contributed by atoms with van der Waals surface area (Å²) in [5.41, 5.74) is 4.62. The number of halogens is 4. The number of fused-ring (bicyclic) bond motifs is 1. The summed E-state index contributed by atoms with van der Waals surface area (Å²) in [6, 6.07) is 6.86. The molecule has 0 spiro atoms. The largest absolute Gasteiger partial charge is 0.406 e. The molecule has 2 fully saturated rings. The summed E-state index contributed by atoms with van der Waals surface area (Å²) in [6.45, 7) is -2.32. The van der Waals surface area contributed by atoms with Crippen molar-refractivity contribution in [1.29, 1.82) is 0 Å². The number of nitrogens with two attached hydrogens (primary N) is 1. The molecule has 9 nitrogen and oxygen atoms in total. The maximum Gasteiger partial charge on any atom is 0.406 e. The number of benzene rings is 1. The highest BCUT2D eigenvalue weighted by Gasteiger charge is 2.67. The molecule has 2 atom stereocenters. The van der Waals surface area contributed by atoms with Crippen LogP contribution in [0.1, 0.15) is 11.1 Å². The van der Waals surface area contributed by atoms with Crippen LogP contribution < -0.4 is 5.73 Å². The van der Waals surface area contributed by atoms with Crippen molar-refractivity contribution in [2.75, 3.05) is 19.6 Å². The lowest BCUT2D eigenvalue weighted by Gasteiger charge is -2.49. The number of rotatable bonds is 7. The molecule has 1 radical (unpaired) electrons. The van der Waals surface area contributed by atoms with E-state index >= 15 is 0 Å². The molecule has 0 saturated carbocycles. The van der Waals surface area contributed by atoms with E-state index in [1.165, 1.54) is 24.9 Å². The highest BCUT2D eigenvalue weighted by molar-refractivity contribution is 6.30. The molecule has 1 aromatic heterocycles. The minimum atomic E-state index is -4.88. The van der Waals surface area contributed by atoms with Crippen molar-refractivity contribution in [1.82, 2.24) is 19.7 Å². The molecule has 5 amide bonds. The lowest BCUT2D eigenvalue weighted by molar-refractivity contribution is -0.161. The van der Waals surface area contributed by atoms with E-state index < -0.39 is 48.1 Å². The van der Waals surface area contributed by atoms with Gasteiger partial charge in [-0.25, -0.2) is 4.79 Å². The zero-order valence-electron chi connectivity index (χ0n) is 19.3. The second kappa shape index (κ2) is 10.0. The van der Waals surface area contributed by atoms with Gasteiger partial charge in [-0.05, 0) is 35.7 Å². The van der Waals surface area contributed by atoms with E-state index in [0.717, 1.165) is 15.4 Å². The van der Waals surface area contributed by atoms with Crippen LogP contribution in [0.15, 0.2) is 48.8 Å². The molecule has 195 valence electrons. The zero-order chi connectivity index (χ0) is 27.0. The third kappa shape index (κ3) is 5.10. The summed E-state index contributed by atoms with van der Waals surface area (Å²) >= 11 is 5.88. The lowest BCUT2D eigenvalue weighted by Crippen LogP contribution is -2.74. The minimum Gasteiger partial charge on any atom is -0.368 e. The molecule has 2 aromatic rings. The number of piperazine rings is 1. The van der Waals surface area contributed by atoms with Crippen molar-refractivity contribution >= 4 is 35.4 Å². The third-order valence-corrected chi connectivity index (χ3v) is 6.65. The molecule has 37 heavy (non-hydrogen) atoms. The summed E-state index contributed by atoms with van der Waals surface area (Å²) in [4.78, 5) is 58.7. The van der Waals surface area contributed by atoms with Crippen molar-refractivity contribution < 1.29 is 32.3 Å². The van der Waals surface area contributed by atoms with Crippen LogP contribution in [-0.2, 0) is 27.2 Å². The first kappa shape index (κ1) is 26.4. The number of carbonyl (C=O) groups excluding carboxylic acids is 4. The molecule has 2 aliphatic rings. The average molecular weight is 537 g/mol. The molecule has 2 N–H and O–H groups in total. The van der Waals surface area contributed by atoms with E-state index in [2.05, 4.69) is 4.98 Å². The van der Waals surface area contributed by atoms with Gasteiger partial charge in [0.25, 0.3) is 5.91 Å². The summed E-state index contributed by atoms with van der Waals surface area (Å²) in [5.74, 6) is -3.03. The van der Waals surface area contributed by atoms with Gasteiger partial charge < -0.3 is 15.5 Å². The Morgan fingerprint density at radius 1 is 1.14 bits per heavy atom. The van der Waals surface area contributed by atoms with Gasteiger partial charge in [0.15, 0.2) is 5.54 Å². The van der Waals surface area contributed by atoms with Gasteiger partial charge in [-0.2, -0.15) is 13.2 Å². The summed E-state index contributed by atoms with van der Waals surface area (Å²) in [7, 11) is 0. The normalized spacial score (nSPS) is 21.8. The predicted molar refractivity (Wildman–Crippen MR) is 125 cm³/mol. The van der Waals surface area contributed by atoms with E-state index in [1.54, 1.807) is 30.3 Å². The molecule has 3 heterocycles. The highest BCUT2D eigenvalue weighted by Crippen LogP contribution is 2.40. The van der Waals surface area contributed by atoms with Gasteiger partial charge in [0.05, 0.1) is 6.42 Å². The number of carbonyl (C=O) groups is 4. The maximum atomic E-state index is 13.6. The summed E-state index contributed by atoms with van der Waals surface area (Å²) in [5, 5.41) is 0.505. The highest BCUT2D eigenvalue weighted by atomic mass is 35.5. The number of urea groups is 1. The number of amides is 5. The Morgan fingerprint density at radius 2 is 1.84 bits per heavy atom. The van der Waals surface area contributed by atoms with Crippen LogP contribution in [0.4, 0.5) is 18.0 Å². The topological polar surface area (TPSA) is 117 Å². The van der Waals surface area contributed by atoms with Crippen LogP contribution in [0.25, 0.3) is 0 Å². The Hall–Kier alpha value is -3.67. The van der Waals surface area contributed by atoms with Gasteiger partial charge in [-0.3, -0.25) is 24.3 Å². The molecule has 0 bridgehead atoms. The first-order valence-electron chi connectivity index (χ1n) is 11.2. The van der Waals surface area contributed by atoms with Crippen LogP contribution in [0, 0.1) is 6.42 Å². The molecule has 2 aliphatic heterocycles. The number of imide groups is 1. The summed E-state index contributed by atoms with van der Waals surface area (Å²) < 4.78 is 39.9. The Bertz CT molecular complexity index is 1210. The smallest absolute Gasteiger partial charge is 0.368 e. The number of primary amides is 1. The van der Waals surface area contributed by atoms with Gasteiger partial charge >= 0.3 is 12.2 Å². The first-order chi connectivity index (χ1) is 17.4. The van der Waals surface area contributed by atoms with Crippen LogP contribution in [-0.4, -0.2) is 80.8 Å². The number of aromatic nitrogens is 1. The van der Waals surface area contributed by atoms with E-state index in [0.29, 0.717) is 10.6 Å². The van der Waals surface area contributed by atoms with Crippen LogP contribution in [0.3, 0.4) is 0 Å². The Kier molecular flexibility index (Phi) is 7.13. The van der Waals surface area contributed by atoms with E-state index in [-0.39, 0.29) is 30.8 Å². The Labute approximate surface area is 215 Å². The number of hydrogen-bond donors (Lipinski definition) is 1. The zero-order valence-corrected chi connectivity index (χ0v) is 20.1. The predicted octanol–water partition coefficient (Wildman–Crippen LogP) is 1.99. The fourth-order valence-corrected chi connectivity index (χ4v) is 5.00. The van der Waals surface area contributed by atoms with Gasteiger partial charge in [0.1, 0.15) is 12.6 Å². The average Bonchev–Trinajstić information content (AvgIpc) is 3.03. The quantitative estimate of drug-likeness (QED) is 0.543. The molecule has 1 aromatic carbocycles. The van der Waals surface area contributed by atoms with Crippen LogP contribution in [0.5, 0.6) is 0 Å². The maximum absolute atomic E-state index is 13.6. The van der Waals surface area contributed by atoms with Crippen LogP contribution in [0.2, 0.25) is 5.02 Å². The Balaban J connectivity index is 1.72. The van der Waals surface area contributed by atoms with Gasteiger partial charge in [-0.15, -0.1) is 0 Å². The Morgan fingerprint density at radius 3 is 2.43 bits per heavy atom. The first-order valence-corrected chi connectivity index (χ1v) is 11.6. The van der Waals surface area contributed by atoms with Gasteiger partial charge in [0.2, 0.25) is 11.8 Å². The molecular formula is C24H22ClF3N5O4. The van der Waals surface area contributed by atoms with Crippen molar-refractivity contribution in [3.05, 3.63) is 71.4 Å². The number of nitrogens with zero attached hydrogens (tertiary/aromatic N) is 4. The minimum absolute atomic E-state index is 0.0672. The van der Waals surface area contributed by atoms with Crippen LogP contribution >= 0.6 is 11.6 Å². The van der Waals surface area contributed by atoms with E-state index in [9.17, 15) is 32.3 Å². The van der Waals surface area contributed by atoms with E-state index in [4.69, 9.17) is 17.3 Å². The van der Waals surface area contributed by atoms with Gasteiger partial charge in [-0.1, -0.05) is 29.8 Å². The lowest BCUT2D eigenvalue weighted by atomic mass is 9.79. The summed E-state index contributed by atoms with van der Waals surface area (Å²) in [6.07, 6.45) is -0.993. The van der Waals surface area contributed by atoms with Crippen molar-refractivity contribution in [3.63, 3.8) is 0 Å². The second-order valence-corrected chi connectivity index (χ2v) is 9.21. The fraction of sp³-hybridized carbons (Fsp3) is 0.333. The third-order valence-electron chi connectivity index (χ3n) is 6.40. The number of alkyl halides is 3. The fourth-order valence-electron chi connectivity index (χ4n) is 4.88. The monoisotopic (exact) mass is 536 g/mol. The molecular weight excluding hydrogens is 515 g/mol. The standard InChI is InChI=1S/C24H22ClF3N5O4/c25-17-6-3-15(4-7-17)5-8-18(34)31-10-11-33-22(37)32(14-24(26,27)28)21(36)23(33,19(31)20(29)35)12-16-2-1-9-30-13-16/h1-4,6-9,13,19H,5,10-12,14H2,(H2,29,35)/t19-,23-/m0/s1. The molecule has 4 rings (SSSR count). The van der Waals surface area contributed by atoms with E-state index in [1.807, 2.05) is 0 Å². The van der Waals surface area contributed by atoms with Crippen molar-refractivity contribution in [3.8, 4) is 0 Å². The molecule has 0 aliphatic carbocycles. The second-order valence-electron chi connectivity index (χ2n) is 8.77. The number of pyridine rings is 1. The van der Waals surface area contributed by atoms with Crippen molar-refractivity contribution in [2.45, 2.75) is 30.6 Å². The van der Waals surface area contributed by atoms with Crippen molar-refractivity contribution in [2.24, 2.45) is 5.73 Å².